The van der Waals surface area contributed by atoms with E-state index in [1.807, 2.05) is 13.8 Å². The number of nitro groups is 1. The van der Waals surface area contributed by atoms with Crippen LogP contribution in [0.4, 0.5) is 4.39 Å². The molecule has 0 aromatic heterocycles. The molecule has 0 spiro atoms. The Labute approximate surface area is 76.8 Å². The SMILES string of the molecule is CCC1CC(F)=C([N+](=O)[O-])CC1C. The summed E-state index contributed by atoms with van der Waals surface area (Å²) >= 11 is 0. The lowest BCUT2D eigenvalue weighted by Crippen LogP contribution is -2.20. The van der Waals surface area contributed by atoms with Crippen LogP contribution in [-0.4, -0.2) is 4.92 Å². The van der Waals surface area contributed by atoms with Gasteiger partial charge in [-0.1, -0.05) is 20.3 Å². The van der Waals surface area contributed by atoms with Gasteiger partial charge in [0.05, 0.1) is 4.92 Å². The Balaban J connectivity index is 2.83. The average Bonchev–Trinajstić information content (AvgIpc) is 2.07. The van der Waals surface area contributed by atoms with Crippen LogP contribution < -0.4 is 0 Å². The second-order valence-corrected chi connectivity index (χ2v) is 3.66. The molecule has 0 saturated heterocycles. The molecule has 0 saturated carbocycles. The van der Waals surface area contributed by atoms with Crippen molar-refractivity contribution in [3.8, 4) is 0 Å². The molecule has 1 aliphatic rings. The van der Waals surface area contributed by atoms with Gasteiger partial charge in [0, 0.05) is 12.8 Å². The maximum Gasteiger partial charge on any atom is 0.277 e. The van der Waals surface area contributed by atoms with Crippen molar-refractivity contribution in [3.63, 3.8) is 0 Å². The van der Waals surface area contributed by atoms with E-state index in [0.717, 1.165) is 6.42 Å². The van der Waals surface area contributed by atoms with Crippen LogP contribution >= 0.6 is 0 Å². The van der Waals surface area contributed by atoms with Gasteiger partial charge in [-0.25, -0.2) is 4.39 Å². The van der Waals surface area contributed by atoms with Crippen molar-refractivity contribution in [3.05, 3.63) is 21.6 Å². The van der Waals surface area contributed by atoms with Crippen LogP contribution in [0.1, 0.15) is 33.1 Å². The molecule has 0 N–H and O–H groups in total. The van der Waals surface area contributed by atoms with Gasteiger partial charge < -0.3 is 0 Å². The second kappa shape index (κ2) is 3.85. The molecule has 0 aromatic carbocycles. The largest absolute Gasteiger partial charge is 0.277 e. The van der Waals surface area contributed by atoms with Crippen LogP contribution in [0.2, 0.25) is 0 Å². The summed E-state index contributed by atoms with van der Waals surface area (Å²) < 4.78 is 13.1. The highest BCUT2D eigenvalue weighted by atomic mass is 19.1. The molecule has 0 aromatic rings. The van der Waals surface area contributed by atoms with Crippen LogP contribution in [0.5, 0.6) is 0 Å². The third-order valence-corrected chi connectivity index (χ3v) is 2.82. The lowest BCUT2D eigenvalue weighted by molar-refractivity contribution is -0.432. The van der Waals surface area contributed by atoms with Crippen LogP contribution in [0.25, 0.3) is 0 Å². The molecule has 0 aliphatic heterocycles. The maximum atomic E-state index is 13.1. The Morgan fingerprint density at radius 2 is 2.23 bits per heavy atom. The van der Waals surface area contributed by atoms with Crippen molar-refractivity contribution in [1.82, 2.24) is 0 Å². The summed E-state index contributed by atoms with van der Waals surface area (Å²) in [6.45, 7) is 3.94. The molecule has 13 heavy (non-hydrogen) atoms. The summed E-state index contributed by atoms with van der Waals surface area (Å²) in [5.41, 5.74) is -0.211. The molecule has 2 unspecified atom stereocenters. The van der Waals surface area contributed by atoms with E-state index in [1.54, 1.807) is 0 Å². The maximum absolute atomic E-state index is 13.1. The molecule has 1 rings (SSSR count). The zero-order valence-corrected chi connectivity index (χ0v) is 7.92. The number of allylic oxidation sites excluding steroid dienone is 2. The number of nitrogens with zero attached hydrogens (tertiary/aromatic N) is 1. The number of halogens is 1. The monoisotopic (exact) mass is 187 g/mol. The van der Waals surface area contributed by atoms with E-state index in [1.165, 1.54) is 0 Å². The van der Waals surface area contributed by atoms with Gasteiger partial charge in [0.2, 0.25) is 0 Å². The van der Waals surface area contributed by atoms with E-state index in [-0.39, 0.29) is 30.4 Å². The summed E-state index contributed by atoms with van der Waals surface area (Å²) in [4.78, 5) is 9.83. The molecule has 3 nitrogen and oxygen atoms in total. The van der Waals surface area contributed by atoms with Gasteiger partial charge in [-0.2, -0.15) is 0 Å². The van der Waals surface area contributed by atoms with Crippen molar-refractivity contribution in [2.24, 2.45) is 11.8 Å². The smallest absolute Gasteiger partial charge is 0.259 e. The predicted octanol–water partition coefficient (Wildman–Crippen LogP) is 2.90. The molecule has 1 aliphatic carbocycles. The van der Waals surface area contributed by atoms with Crippen LogP contribution in [-0.2, 0) is 0 Å². The summed E-state index contributed by atoms with van der Waals surface area (Å²) in [6.07, 6.45) is 1.41. The van der Waals surface area contributed by atoms with Crippen molar-refractivity contribution in [2.45, 2.75) is 33.1 Å². The molecular weight excluding hydrogens is 173 g/mol. The number of rotatable bonds is 2. The predicted molar refractivity (Wildman–Crippen MR) is 47.3 cm³/mol. The zero-order valence-electron chi connectivity index (χ0n) is 7.92. The molecular formula is C9H14FNO2. The molecule has 4 heteroatoms. The van der Waals surface area contributed by atoms with Crippen molar-refractivity contribution in [2.75, 3.05) is 0 Å². The fourth-order valence-electron chi connectivity index (χ4n) is 1.85. The standard InChI is InChI=1S/C9H14FNO2/c1-3-7-5-8(10)9(11(12)13)4-6(7)2/h6-7H,3-5H2,1-2H3. The first-order chi connectivity index (χ1) is 6.06. The fourth-order valence-corrected chi connectivity index (χ4v) is 1.85. The van der Waals surface area contributed by atoms with Crippen molar-refractivity contribution < 1.29 is 9.31 Å². The van der Waals surface area contributed by atoms with Gasteiger partial charge in [0.1, 0.15) is 0 Å². The fraction of sp³-hybridized carbons (Fsp3) is 0.778. The van der Waals surface area contributed by atoms with E-state index < -0.39 is 10.8 Å². The van der Waals surface area contributed by atoms with E-state index in [9.17, 15) is 14.5 Å². The van der Waals surface area contributed by atoms with Gasteiger partial charge >= 0.3 is 0 Å². The highest BCUT2D eigenvalue weighted by Gasteiger charge is 2.32. The molecule has 74 valence electrons. The van der Waals surface area contributed by atoms with Gasteiger partial charge in [-0.3, -0.25) is 10.1 Å². The van der Waals surface area contributed by atoms with Gasteiger partial charge in [0.25, 0.3) is 5.70 Å². The first-order valence-electron chi connectivity index (χ1n) is 4.58. The Bertz CT molecular complexity index is 250. The Hall–Kier alpha value is -0.930. The van der Waals surface area contributed by atoms with Crippen LogP contribution in [0.15, 0.2) is 11.5 Å². The molecule has 0 radical (unpaired) electrons. The number of hydrogen-bond donors (Lipinski definition) is 0. The summed E-state index contributed by atoms with van der Waals surface area (Å²) in [7, 11) is 0. The van der Waals surface area contributed by atoms with Gasteiger partial charge in [0.15, 0.2) is 5.83 Å². The Kier molecular flexibility index (Phi) is 3.01. The Morgan fingerprint density at radius 1 is 1.62 bits per heavy atom. The summed E-state index contributed by atoms with van der Waals surface area (Å²) in [5.74, 6) is -0.0245. The third kappa shape index (κ3) is 2.05. The summed E-state index contributed by atoms with van der Waals surface area (Å²) in [6, 6.07) is 0. The number of hydrogen-bond acceptors (Lipinski definition) is 2. The molecule has 0 heterocycles. The van der Waals surface area contributed by atoms with Gasteiger partial charge in [-0.15, -0.1) is 0 Å². The zero-order chi connectivity index (χ0) is 10.0. The molecule has 0 bridgehead atoms. The van der Waals surface area contributed by atoms with Crippen molar-refractivity contribution in [1.29, 1.82) is 0 Å². The highest BCUT2D eigenvalue weighted by Crippen LogP contribution is 2.36. The lowest BCUT2D eigenvalue weighted by atomic mass is 9.81. The lowest BCUT2D eigenvalue weighted by Gasteiger charge is -2.24. The average molecular weight is 187 g/mol. The quantitative estimate of drug-likeness (QED) is 0.492. The first kappa shape index (κ1) is 10.2. The van der Waals surface area contributed by atoms with Crippen LogP contribution in [0, 0.1) is 22.0 Å². The minimum absolute atomic E-state index is 0.211. The third-order valence-electron chi connectivity index (χ3n) is 2.82. The topological polar surface area (TPSA) is 43.1 Å². The van der Waals surface area contributed by atoms with E-state index in [4.69, 9.17) is 0 Å². The van der Waals surface area contributed by atoms with E-state index >= 15 is 0 Å². The highest BCUT2D eigenvalue weighted by molar-refractivity contribution is 5.06. The van der Waals surface area contributed by atoms with Crippen LogP contribution in [0.3, 0.4) is 0 Å². The van der Waals surface area contributed by atoms with Gasteiger partial charge in [-0.05, 0) is 11.8 Å². The van der Waals surface area contributed by atoms with E-state index in [2.05, 4.69) is 0 Å². The first-order valence-corrected chi connectivity index (χ1v) is 4.58. The minimum Gasteiger partial charge on any atom is -0.259 e. The molecule has 0 fully saturated rings. The normalized spacial score (nSPS) is 29.2. The summed E-state index contributed by atoms with van der Waals surface area (Å²) in [5, 5.41) is 10.4. The minimum atomic E-state index is -0.586. The molecule has 2 atom stereocenters. The van der Waals surface area contributed by atoms with E-state index in [0.29, 0.717) is 0 Å². The Morgan fingerprint density at radius 3 is 2.69 bits per heavy atom. The molecule has 0 amide bonds. The van der Waals surface area contributed by atoms with Crippen molar-refractivity contribution >= 4 is 0 Å². The second-order valence-electron chi connectivity index (χ2n) is 3.66.